The van der Waals surface area contributed by atoms with E-state index >= 15 is 0 Å². The third-order valence-corrected chi connectivity index (χ3v) is 4.86. The predicted octanol–water partition coefficient (Wildman–Crippen LogP) is 2.15. The molecule has 1 heterocycles. The maximum Gasteiger partial charge on any atom is 0.404 e. The molecule has 0 radical (unpaired) electrons. The number of terminal acetylenes is 2. The van der Waals surface area contributed by atoms with E-state index in [0.717, 1.165) is 5.56 Å². The van der Waals surface area contributed by atoms with Crippen molar-refractivity contribution in [1.82, 2.24) is 15.2 Å². The summed E-state index contributed by atoms with van der Waals surface area (Å²) in [7, 11) is 0. The Morgan fingerprint density at radius 2 is 1.94 bits per heavy atom. The van der Waals surface area contributed by atoms with Crippen LogP contribution in [0.1, 0.15) is 15.9 Å². The number of carbonyl (C=O) groups excluding carboxylic acids is 1. The van der Waals surface area contributed by atoms with Crippen LogP contribution in [-0.4, -0.2) is 57.3 Å². The molecule has 2 atom stereocenters. The Labute approximate surface area is 190 Å². The van der Waals surface area contributed by atoms with Crippen LogP contribution in [-0.2, 0) is 6.42 Å². The molecule has 0 aliphatic rings. The summed E-state index contributed by atoms with van der Waals surface area (Å²) in [5.41, 5.74) is 1.94. The van der Waals surface area contributed by atoms with Gasteiger partial charge in [0.05, 0.1) is 18.7 Å². The van der Waals surface area contributed by atoms with Gasteiger partial charge in [0.1, 0.15) is 5.52 Å². The van der Waals surface area contributed by atoms with E-state index in [-0.39, 0.29) is 31.1 Å². The van der Waals surface area contributed by atoms with Crippen LogP contribution in [0.25, 0.3) is 11.1 Å². The van der Waals surface area contributed by atoms with Gasteiger partial charge >= 0.3 is 12.1 Å². The standard InChI is InChI=1S/C24H22N4O5/c1-3-12-28(15-20(29)19(27-24(31)32)13-16-8-6-5-7-9-16)22(30)17-10-11-18-21(14-17)33-23(26-18)25-4-2/h1-2,5-11,14,19-20,27,29H,12-13,15H2,(H,25,26)(H,31,32)/t19-,20+/m0/s1. The molecular formula is C24H22N4O5. The van der Waals surface area contributed by atoms with Crippen LogP contribution in [0.4, 0.5) is 10.8 Å². The molecule has 1 aromatic heterocycles. The van der Waals surface area contributed by atoms with Crippen molar-refractivity contribution in [3.05, 3.63) is 59.7 Å². The number of nitrogens with zero attached hydrogens (tertiary/aromatic N) is 2. The number of oxazole rings is 1. The van der Waals surface area contributed by atoms with Gasteiger partial charge in [-0.05, 0) is 30.2 Å². The van der Waals surface area contributed by atoms with Gasteiger partial charge < -0.3 is 24.8 Å². The van der Waals surface area contributed by atoms with Gasteiger partial charge in [0.15, 0.2) is 5.58 Å². The number of aromatic nitrogens is 1. The zero-order chi connectivity index (χ0) is 23.8. The molecule has 0 saturated carbocycles. The zero-order valence-electron chi connectivity index (χ0n) is 17.6. The van der Waals surface area contributed by atoms with Gasteiger partial charge in [0.2, 0.25) is 0 Å². The fourth-order valence-electron chi connectivity index (χ4n) is 3.35. The van der Waals surface area contributed by atoms with Crippen LogP contribution in [0.15, 0.2) is 52.9 Å². The lowest BCUT2D eigenvalue weighted by molar-refractivity contribution is 0.0571. The van der Waals surface area contributed by atoms with Gasteiger partial charge in [-0.2, -0.15) is 4.98 Å². The van der Waals surface area contributed by atoms with E-state index in [1.54, 1.807) is 12.1 Å². The van der Waals surface area contributed by atoms with Crippen molar-refractivity contribution in [2.24, 2.45) is 0 Å². The van der Waals surface area contributed by atoms with E-state index in [1.807, 2.05) is 30.3 Å². The number of aliphatic hydroxyl groups is 1. The molecule has 0 fully saturated rings. The number of benzene rings is 2. The quantitative estimate of drug-likeness (QED) is 0.293. The number of carboxylic acid groups (broad SMARTS) is 1. The summed E-state index contributed by atoms with van der Waals surface area (Å²) in [6, 6.07) is 15.2. The van der Waals surface area contributed by atoms with Crippen molar-refractivity contribution >= 4 is 29.1 Å². The highest BCUT2D eigenvalue weighted by Crippen LogP contribution is 2.21. The average molecular weight is 446 g/mol. The number of carbonyl (C=O) groups is 2. The lowest BCUT2D eigenvalue weighted by Gasteiger charge is -2.28. The minimum absolute atomic E-state index is 0.0840. The highest BCUT2D eigenvalue weighted by molar-refractivity contribution is 5.97. The molecular weight excluding hydrogens is 424 g/mol. The summed E-state index contributed by atoms with van der Waals surface area (Å²) in [6.45, 7) is -0.265. The molecule has 2 amide bonds. The lowest BCUT2D eigenvalue weighted by atomic mass is 10.0. The third kappa shape index (κ3) is 6.03. The lowest BCUT2D eigenvalue weighted by Crippen LogP contribution is -2.50. The Balaban J connectivity index is 1.79. The van der Waals surface area contributed by atoms with Crippen molar-refractivity contribution in [2.75, 3.05) is 18.4 Å². The van der Waals surface area contributed by atoms with E-state index in [2.05, 4.69) is 27.6 Å². The van der Waals surface area contributed by atoms with Crippen LogP contribution >= 0.6 is 0 Å². The topological polar surface area (TPSA) is 128 Å². The first-order chi connectivity index (χ1) is 15.9. The van der Waals surface area contributed by atoms with E-state index < -0.39 is 24.1 Å². The molecule has 33 heavy (non-hydrogen) atoms. The second-order valence-electron chi connectivity index (χ2n) is 7.17. The van der Waals surface area contributed by atoms with Crippen molar-refractivity contribution in [3.63, 3.8) is 0 Å². The third-order valence-electron chi connectivity index (χ3n) is 4.86. The molecule has 3 rings (SSSR count). The Hall–Kier alpha value is -4.47. The molecule has 0 unspecified atom stereocenters. The Kier molecular flexibility index (Phi) is 7.53. The van der Waals surface area contributed by atoms with Gasteiger partial charge in [-0.25, -0.2) is 4.79 Å². The van der Waals surface area contributed by atoms with E-state index in [4.69, 9.17) is 17.3 Å². The Morgan fingerprint density at radius 1 is 1.18 bits per heavy atom. The zero-order valence-corrected chi connectivity index (χ0v) is 17.6. The second-order valence-corrected chi connectivity index (χ2v) is 7.17. The predicted molar refractivity (Wildman–Crippen MR) is 122 cm³/mol. The second kappa shape index (κ2) is 10.7. The van der Waals surface area contributed by atoms with Gasteiger partial charge in [-0.3, -0.25) is 10.1 Å². The number of hydrogen-bond acceptors (Lipinski definition) is 6. The van der Waals surface area contributed by atoms with Gasteiger partial charge in [0, 0.05) is 18.2 Å². The summed E-state index contributed by atoms with van der Waals surface area (Å²) < 4.78 is 5.47. The van der Waals surface area contributed by atoms with Crippen molar-refractivity contribution in [1.29, 1.82) is 0 Å². The highest BCUT2D eigenvalue weighted by Gasteiger charge is 2.26. The molecule has 2 aromatic carbocycles. The highest BCUT2D eigenvalue weighted by atomic mass is 16.4. The van der Waals surface area contributed by atoms with Crippen LogP contribution < -0.4 is 10.6 Å². The molecule has 0 aliphatic carbocycles. The molecule has 0 saturated heterocycles. The van der Waals surface area contributed by atoms with Crippen LogP contribution in [0, 0.1) is 24.8 Å². The number of hydrogen-bond donors (Lipinski definition) is 4. The summed E-state index contributed by atoms with van der Waals surface area (Å²) in [4.78, 5) is 29.8. The monoisotopic (exact) mass is 446 g/mol. The van der Waals surface area contributed by atoms with Crippen molar-refractivity contribution < 1.29 is 24.2 Å². The number of aliphatic hydroxyl groups excluding tert-OH is 1. The van der Waals surface area contributed by atoms with Crippen molar-refractivity contribution in [2.45, 2.75) is 18.6 Å². The molecule has 9 heteroatoms. The van der Waals surface area contributed by atoms with Gasteiger partial charge in [0.25, 0.3) is 5.91 Å². The number of nitrogens with one attached hydrogen (secondary N) is 2. The van der Waals surface area contributed by atoms with Gasteiger partial charge in [-0.1, -0.05) is 42.7 Å². The number of fused-ring (bicyclic) bond motifs is 1. The largest absolute Gasteiger partial charge is 0.465 e. The first-order valence-corrected chi connectivity index (χ1v) is 9.97. The molecule has 168 valence electrons. The Morgan fingerprint density at radius 3 is 2.61 bits per heavy atom. The fraction of sp³-hybridized carbons (Fsp3) is 0.208. The minimum atomic E-state index is -1.28. The maximum absolute atomic E-state index is 13.1. The van der Waals surface area contributed by atoms with Gasteiger partial charge in [-0.15, -0.1) is 6.42 Å². The normalized spacial score (nSPS) is 12.2. The average Bonchev–Trinajstić information content (AvgIpc) is 3.20. The molecule has 0 spiro atoms. The molecule has 0 bridgehead atoms. The van der Waals surface area contributed by atoms with E-state index in [0.29, 0.717) is 11.1 Å². The SMILES string of the molecule is C#CCN(C[C@@H](O)[C@H](Cc1ccccc1)NC(=O)O)C(=O)c1ccc2nc(NC#C)oc2c1. The minimum Gasteiger partial charge on any atom is -0.465 e. The van der Waals surface area contributed by atoms with Crippen LogP contribution in [0.3, 0.4) is 0 Å². The molecule has 0 aliphatic heterocycles. The maximum atomic E-state index is 13.1. The van der Waals surface area contributed by atoms with Crippen molar-refractivity contribution in [3.8, 4) is 24.8 Å². The van der Waals surface area contributed by atoms with E-state index in [9.17, 15) is 19.8 Å². The number of rotatable bonds is 9. The summed E-state index contributed by atoms with van der Waals surface area (Å²) in [5, 5.41) is 24.8. The summed E-state index contributed by atoms with van der Waals surface area (Å²) in [6.07, 6.45) is 8.36. The van der Waals surface area contributed by atoms with Crippen LogP contribution in [0.5, 0.6) is 0 Å². The first-order valence-electron chi connectivity index (χ1n) is 9.97. The van der Waals surface area contributed by atoms with Crippen LogP contribution in [0.2, 0.25) is 0 Å². The summed E-state index contributed by atoms with van der Waals surface area (Å²) in [5.74, 6) is 1.95. The molecule has 4 N–H and O–H groups in total. The number of amides is 2. The fourth-order valence-corrected chi connectivity index (χ4v) is 3.35. The first kappa shape index (κ1) is 23.2. The molecule has 3 aromatic rings. The smallest absolute Gasteiger partial charge is 0.404 e. The molecule has 9 nitrogen and oxygen atoms in total. The summed E-state index contributed by atoms with van der Waals surface area (Å²) >= 11 is 0. The number of anilines is 1. The van der Waals surface area contributed by atoms with E-state index in [1.165, 1.54) is 11.0 Å². The Bertz CT molecular complexity index is 1210.